The Kier molecular flexibility index (Phi) is 6.54. The third-order valence-electron chi connectivity index (χ3n) is 4.96. The summed E-state index contributed by atoms with van der Waals surface area (Å²) >= 11 is 6.10. The molecule has 2 N–H and O–H groups in total. The van der Waals surface area contributed by atoms with Crippen molar-refractivity contribution in [3.8, 4) is 0 Å². The summed E-state index contributed by atoms with van der Waals surface area (Å²) in [6.45, 7) is 4.64. The predicted molar refractivity (Wildman–Crippen MR) is 113 cm³/mol. The van der Waals surface area contributed by atoms with Crippen LogP contribution >= 0.6 is 11.6 Å². The summed E-state index contributed by atoms with van der Waals surface area (Å²) in [6, 6.07) is 14.1. The van der Waals surface area contributed by atoms with Crippen molar-refractivity contribution in [3.05, 3.63) is 64.7 Å². The molecule has 2 aromatic carbocycles. The molecule has 1 aliphatic rings. The van der Waals surface area contributed by atoms with Gasteiger partial charge >= 0.3 is 0 Å². The van der Waals surface area contributed by atoms with E-state index in [1.54, 1.807) is 35.2 Å². The number of hydrogen-bond donors (Lipinski definition) is 2. The fraction of sp³-hybridized carbons (Fsp3) is 0.318. The van der Waals surface area contributed by atoms with Crippen molar-refractivity contribution in [2.24, 2.45) is 5.92 Å². The van der Waals surface area contributed by atoms with E-state index in [2.05, 4.69) is 10.6 Å². The lowest BCUT2D eigenvalue weighted by molar-refractivity contribution is -0.129. The standard InChI is InChI=1S/C22H24ClN3O3/c1-14(2)26-13-17(11-20(26)27)22(29)25-18-9-7-15(8-10-18)21(28)24-12-16-5-3-4-6-19(16)23/h3-10,14,17H,11-13H2,1-2H3,(H,24,28)(H,25,29). The van der Waals surface area contributed by atoms with Crippen molar-refractivity contribution in [2.75, 3.05) is 11.9 Å². The van der Waals surface area contributed by atoms with Crippen molar-refractivity contribution in [1.82, 2.24) is 10.2 Å². The lowest BCUT2D eigenvalue weighted by Crippen LogP contribution is -2.33. The Labute approximate surface area is 175 Å². The minimum Gasteiger partial charge on any atom is -0.348 e. The lowest BCUT2D eigenvalue weighted by Gasteiger charge is -2.20. The van der Waals surface area contributed by atoms with Crippen molar-refractivity contribution in [3.63, 3.8) is 0 Å². The van der Waals surface area contributed by atoms with Crippen molar-refractivity contribution in [2.45, 2.75) is 32.9 Å². The molecular weight excluding hydrogens is 390 g/mol. The fourth-order valence-electron chi connectivity index (χ4n) is 3.27. The second-order valence-corrected chi connectivity index (χ2v) is 7.79. The van der Waals surface area contributed by atoms with Gasteiger partial charge in [-0.3, -0.25) is 14.4 Å². The first-order chi connectivity index (χ1) is 13.8. The maximum atomic E-state index is 12.5. The molecular formula is C22H24ClN3O3. The molecule has 0 aromatic heterocycles. The zero-order valence-corrected chi connectivity index (χ0v) is 17.2. The van der Waals surface area contributed by atoms with Gasteiger partial charge in [-0.1, -0.05) is 29.8 Å². The number of benzene rings is 2. The molecule has 3 rings (SSSR count). The Morgan fingerprint density at radius 1 is 1.14 bits per heavy atom. The van der Waals surface area contributed by atoms with Crippen LogP contribution in [-0.4, -0.2) is 35.2 Å². The molecule has 1 unspecified atom stereocenters. The second kappa shape index (κ2) is 9.09. The highest BCUT2D eigenvalue weighted by Crippen LogP contribution is 2.22. The first-order valence-electron chi connectivity index (χ1n) is 9.57. The van der Waals surface area contributed by atoms with Gasteiger partial charge in [-0.05, 0) is 49.7 Å². The number of carbonyl (C=O) groups excluding carboxylic acids is 3. The van der Waals surface area contributed by atoms with Gasteiger partial charge in [0.1, 0.15) is 0 Å². The van der Waals surface area contributed by atoms with Gasteiger partial charge in [0.05, 0.1) is 5.92 Å². The van der Waals surface area contributed by atoms with E-state index in [-0.39, 0.29) is 36.1 Å². The minimum absolute atomic E-state index is 0.00527. The molecule has 0 saturated carbocycles. The van der Waals surface area contributed by atoms with Gasteiger partial charge in [-0.25, -0.2) is 0 Å². The molecule has 1 saturated heterocycles. The summed E-state index contributed by atoms with van der Waals surface area (Å²) in [7, 11) is 0. The topological polar surface area (TPSA) is 78.5 Å². The Hall–Kier alpha value is -2.86. The van der Waals surface area contributed by atoms with Crippen LogP contribution in [0.3, 0.4) is 0 Å². The minimum atomic E-state index is -0.358. The van der Waals surface area contributed by atoms with E-state index in [0.717, 1.165) is 5.56 Å². The van der Waals surface area contributed by atoms with Crippen LogP contribution in [0.4, 0.5) is 5.69 Å². The van der Waals surface area contributed by atoms with Gasteiger partial charge in [-0.2, -0.15) is 0 Å². The maximum Gasteiger partial charge on any atom is 0.251 e. The molecule has 0 spiro atoms. The Morgan fingerprint density at radius 3 is 2.45 bits per heavy atom. The Bertz CT molecular complexity index is 912. The van der Waals surface area contributed by atoms with Crippen LogP contribution in [0, 0.1) is 5.92 Å². The first-order valence-corrected chi connectivity index (χ1v) is 9.95. The van der Waals surface area contributed by atoms with Gasteiger partial charge in [0.15, 0.2) is 0 Å². The Morgan fingerprint density at radius 2 is 1.83 bits per heavy atom. The lowest BCUT2D eigenvalue weighted by atomic mass is 10.1. The molecule has 1 atom stereocenters. The Balaban J connectivity index is 1.54. The number of anilines is 1. The molecule has 0 aliphatic carbocycles. The quantitative estimate of drug-likeness (QED) is 0.761. The van der Waals surface area contributed by atoms with Crippen LogP contribution in [-0.2, 0) is 16.1 Å². The molecule has 1 fully saturated rings. The van der Waals surface area contributed by atoms with E-state index < -0.39 is 0 Å². The van der Waals surface area contributed by atoms with E-state index >= 15 is 0 Å². The number of likely N-dealkylation sites (tertiary alicyclic amines) is 1. The maximum absolute atomic E-state index is 12.5. The van der Waals surface area contributed by atoms with Crippen molar-refractivity contribution in [1.29, 1.82) is 0 Å². The third kappa shape index (κ3) is 5.15. The fourth-order valence-corrected chi connectivity index (χ4v) is 3.48. The number of amides is 3. The summed E-state index contributed by atoms with van der Waals surface area (Å²) in [5.41, 5.74) is 1.91. The average molecular weight is 414 g/mol. The molecule has 1 heterocycles. The van der Waals surface area contributed by atoms with Crippen LogP contribution in [0.1, 0.15) is 36.2 Å². The zero-order valence-electron chi connectivity index (χ0n) is 16.4. The van der Waals surface area contributed by atoms with Gasteiger partial charge in [0.25, 0.3) is 5.91 Å². The number of halogens is 1. The average Bonchev–Trinajstić information content (AvgIpc) is 3.10. The highest BCUT2D eigenvalue weighted by atomic mass is 35.5. The summed E-state index contributed by atoms with van der Waals surface area (Å²) < 4.78 is 0. The van der Waals surface area contributed by atoms with Crippen LogP contribution in [0.5, 0.6) is 0 Å². The molecule has 6 nitrogen and oxygen atoms in total. The summed E-state index contributed by atoms with van der Waals surface area (Å²) in [4.78, 5) is 38.5. The van der Waals surface area contributed by atoms with Crippen LogP contribution in [0.15, 0.2) is 48.5 Å². The number of hydrogen-bond acceptors (Lipinski definition) is 3. The van der Waals surface area contributed by atoms with Crippen molar-refractivity contribution >= 4 is 35.0 Å². The summed E-state index contributed by atoms with van der Waals surface area (Å²) in [6.07, 6.45) is 0.229. The van der Waals surface area contributed by atoms with Crippen LogP contribution in [0.2, 0.25) is 5.02 Å². The molecule has 0 radical (unpaired) electrons. The van der Waals surface area contributed by atoms with E-state index in [9.17, 15) is 14.4 Å². The number of nitrogens with zero attached hydrogens (tertiary/aromatic N) is 1. The predicted octanol–water partition coefficient (Wildman–Crippen LogP) is 3.47. The smallest absolute Gasteiger partial charge is 0.251 e. The molecule has 0 bridgehead atoms. The number of nitrogens with one attached hydrogen (secondary N) is 2. The second-order valence-electron chi connectivity index (χ2n) is 7.38. The molecule has 7 heteroatoms. The summed E-state index contributed by atoms with van der Waals surface area (Å²) in [5.74, 6) is -0.761. The van der Waals surface area contributed by atoms with Crippen LogP contribution < -0.4 is 10.6 Å². The number of carbonyl (C=O) groups is 3. The van der Waals surface area contributed by atoms with E-state index in [1.807, 2.05) is 32.0 Å². The zero-order chi connectivity index (χ0) is 21.0. The third-order valence-corrected chi connectivity index (χ3v) is 5.33. The van der Waals surface area contributed by atoms with Gasteiger partial charge in [-0.15, -0.1) is 0 Å². The molecule has 2 aromatic rings. The van der Waals surface area contributed by atoms with E-state index in [1.165, 1.54) is 0 Å². The van der Waals surface area contributed by atoms with Crippen LogP contribution in [0.25, 0.3) is 0 Å². The SMILES string of the molecule is CC(C)N1CC(C(=O)Nc2ccc(C(=O)NCc3ccccc3Cl)cc2)CC1=O. The largest absolute Gasteiger partial charge is 0.348 e. The first kappa shape index (κ1) is 20.9. The summed E-state index contributed by atoms with van der Waals surface area (Å²) in [5, 5.41) is 6.26. The molecule has 1 aliphatic heterocycles. The monoisotopic (exact) mass is 413 g/mol. The highest BCUT2D eigenvalue weighted by Gasteiger charge is 2.35. The molecule has 3 amide bonds. The highest BCUT2D eigenvalue weighted by molar-refractivity contribution is 6.31. The van der Waals surface area contributed by atoms with Crippen molar-refractivity contribution < 1.29 is 14.4 Å². The normalized spacial score (nSPS) is 16.2. The molecule has 29 heavy (non-hydrogen) atoms. The molecule has 152 valence electrons. The van der Waals surface area contributed by atoms with Gasteiger partial charge < -0.3 is 15.5 Å². The van der Waals surface area contributed by atoms with Gasteiger partial charge in [0.2, 0.25) is 11.8 Å². The van der Waals surface area contributed by atoms with E-state index in [0.29, 0.717) is 29.4 Å². The van der Waals surface area contributed by atoms with E-state index in [4.69, 9.17) is 11.6 Å². The van der Waals surface area contributed by atoms with Gasteiger partial charge in [0, 0.05) is 41.8 Å². The number of rotatable bonds is 6.